The van der Waals surface area contributed by atoms with Crippen molar-refractivity contribution < 1.29 is 4.74 Å². The number of tetrazole rings is 1. The maximum Gasteiger partial charge on any atom is 0.184 e. The lowest BCUT2D eigenvalue weighted by molar-refractivity contribution is 0.0706. The van der Waals surface area contributed by atoms with Crippen molar-refractivity contribution in [1.29, 1.82) is 0 Å². The molecular weight excluding hydrogens is 278 g/mol. The van der Waals surface area contributed by atoms with E-state index in [1.165, 1.54) is 0 Å². The van der Waals surface area contributed by atoms with E-state index in [9.17, 15) is 0 Å². The summed E-state index contributed by atoms with van der Waals surface area (Å²) in [7, 11) is 0. The molecule has 1 aromatic carbocycles. The molecule has 2 unspecified atom stereocenters. The molecule has 7 heteroatoms. The highest BCUT2D eigenvalue weighted by molar-refractivity contribution is 6.33. The summed E-state index contributed by atoms with van der Waals surface area (Å²) in [5, 5.41) is 12.6. The van der Waals surface area contributed by atoms with Crippen LogP contribution in [0.25, 0.3) is 11.4 Å². The van der Waals surface area contributed by atoms with Gasteiger partial charge in [-0.15, -0.1) is 5.10 Å². The maximum absolute atomic E-state index is 6.08. The Hall–Kier alpha value is -1.66. The summed E-state index contributed by atoms with van der Waals surface area (Å²) >= 11 is 6.08. The molecule has 0 spiro atoms. The average molecular weight is 294 g/mol. The van der Waals surface area contributed by atoms with Gasteiger partial charge in [0.2, 0.25) is 0 Å². The summed E-state index contributed by atoms with van der Waals surface area (Å²) in [6.45, 7) is 4.81. The third-order valence-corrected chi connectivity index (χ3v) is 4.43. The second kappa shape index (κ2) is 4.71. The Labute approximate surface area is 121 Å². The minimum absolute atomic E-state index is 0.0326. The van der Waals surface area contributed by atoms with E-state index >= 15 is 0 Å². The summed E-state index contributed by atoms with van der Waals surface area (Å²) in [6, 6.07) is 5.45. The van der Waals surface area contributed by atoms with E-state index in [1.807, 2.05) is 19.1 Å². The summed E-state index contributed by atoms with van der Waals surface area (Å²) in [6.07, 6.45) is 0.886. The Morgan fingerprint density at radius 2 is 2.30 bits per heavy atom. The van der Waals surface area contributed by atoms with Gasteiger partial charge in [-0.25, -0.2) is 4.68 Å². The molecule has 2 atom stereocenters. The van der Waals surface area contributed by atoms with Crippen molar-refractivity contribution in [1.82, 2.24) is 20.2 Å². The molecule has 1 aromatic heterocycles. The number of halogens is 1. The summed E-state index contributed by atoms with van der Waals surface area (Å²) in [5.74, 6) is 0.616. The average Bonchev–Trinajstić information content (AvgIpc) is 3.02. The monoisotopic (exact) mass is 293 g/mol. The standard InChI is InChI=1S/C13H16ClN5O/c1-8-13(2,6-7-20-8)19-12(16-17-18-19)9-4-3-5-10(14)11(9)15/h3-5,8H,6-7,15H2,1-2H3. The second-order valence-electron chi connectivity index (χ2n) is 5.24. The molecule has 106 valence electrons. The Kier molecular flexibility index (Phi) is 3.14. The topological polar surface area (TPSA) is 78.8 Å². The summed E-state index contributed by atoms with van der Waals surface area (Å²) in [5.41, 5.74) is 6.99. The highest BCUT2D eigenvalue weighted by Crippen LogP contribution is 2.37. The van der Waals surface area contributed by atoms with Crippen LogP contribution in [0.4, 0.5) is 5.69 Å². The number of rotatable bonds is 2. The molecule has 20 heavy (non-hydrogen) atoms. The van der Waals surface area contributed by atoms with Gasteiger partial charge in [-0.2, -0.15) is 0 Å². The molecule has 0 bridgehead atoms. The lowest BCUT2D eigenvalue weighted by Crippen LogP contribution is -2.38. The van der Waals surface area contributed by atoms with Crippen LogP contribution in [0.1, 0.15) is 20.3 Å². The Morgan fingerprint density at radius 1 is 1.50 bits per heavy atom. The molecule has 1 aliphatic heterocycles. The first-order valence-corrected chi connectivity index (χ1v) is 6.86. The van der Waals surface area contributed by atoms with Crippen molar-refractivity contribution in [2.24, 2.45) is 0 Å². The lowest BCUT2D eigenvalue weighted by Gasteiger charge is -2.28. The SMILES string of the molecule is CC1OCCC1(C)n1nnnc1-c1cccc(Cl)c1N. The van der Waals surface area contributed by atoms with Gasteiger partial charge < -0.3 is 10.5 Å². The van der Waals surface area contributed by atoms with E-state index in [0.717, 1.165) is 12.0 Å². The van der Waals surface area contributed by atoms with Gasteiger partial charge >= 0.3 is 0 Å². The van der Waals surface area contributed by atoms with Gasteiger partial charge in [-0.3, -0.25) is 0 Å². The van der Waals surface area contributed by atoms with Gasteiger partial charge in [0, 0.05) is 12.2 Å². The van der Waals surface area contributed by atoms with Gasteiger partial charge in [-0.05, 0) is 42.8 Å². The van der Waals surface area contributed by atoms with Crippen molar-refractivity contribution in [3.8, 4) is 11.4 Å². The van der Waals surface area contributed by atoms with Gasteiger partial charge in [-0.1, -0.05) is 17.7 Å². The van der Waals surface area contributed by atoms with Crippen LogP contribution in [0.3, 0.4) is 0 Å². The molecule has 1 saturated heterocycles. The largest absolute Gasteiger partial charge is 0.397 e. The first-order chi connectivity index (χ1) is 9.54. The van der Waals surface area contributed by atoms with Crippen LogP contribution in [0, 0.1) is 0 Å². The van der Waals surface area contributed by atoms with Crippen LogP contribution in [0.15, 0.2) is 18.2 Å². The normalized spacial score (nSPS) is 26.1. The number of hydrogen-bond acceptors (Lipinski definition) is 5. The van der Waals surface area contributed by atoms with Crippen molar-refractivity contribution in [3.63, 3.8) is 0 Å². The lowest BCUT2D eigenvalue weighted by atomic mass is 9.94. The zero-order valence-corrected chi connectivity index (χ0v) is 12.1. The third-order valence-electron chi connectivity index (χ3n) is 4.10. The van der Waals surface area contributed by atoms with Gasteiger partial charge in [0.05, 0.1) is 22.4 Å². The minimum atomic E-state index is -0.284. The molecule has 0 aliphatic carbocycles. The second-order valence-corrected chi connectivity index (χ2v) is 5.64. The van der Waals surface area contributed by atoms with Crippen LogP contribution in [-0.4, -0.2) is 32.9 Å². The molecular formula is C13H16ClN5O. The van der Waals surface area contributed by atoms with E-state index in [-0.39, 0.29) is 11.6 Å². The Morgan fingerprint density at radius 3 is 3.00 bits per heavy atom. The van der Waals surface area contributed by atoms with Crippen molar-refractivity contribution in [2.75, 3.05) is 12.3 Å². The van der Waals surface area contributed by atoms with E-state index < -0.39 is 0 Å². The van der Waals surface area contributed by atoms with E-state index in [0.29, 0.717) is 23.1 Å². The number of ether oxygens (including phenoxy) is 1. The Bertz CT molecular complexity index is 643. The molecule has 6 nitrogen and oxygen atoms in total. The number of para-hydroxylation sites is 1. The van der Waals surface area contributed by atoms with Crippen molar-refractivity contribution in [2.45, 2.75) is 31.9 Å². The zero-order valence-electron chi connectivity index (χ0n) is 11.4. The van der Waals surface area contributed by atoms with Crippen LogP contribution in [0.2, 0.25) is 5.02 Å². The van der Waals surface area contributed by atoms with Crippen LogP contribution in [0.5, 0.6) is 0 Å². The van der Waals surface area contributed by atoms with Gasteiger partial charge in [0.15, 0.2) is 5.82 Å². The van der Waals surface area contributed by atoms with E-state index in [2.05, 4.69) is 22.4 Å². The summed E-state index contributed by atoms with van der Waals surface area (Å²) < 4.78 is 7.46. The Balaban J connectivity index is 2.14. The molecule has 1 aliphatic rings. The van der Waals surface area contributed by atoms with E-state index in [1.54, 1.807) is 10.7 Å². The number of hydrogen-bond donors (Lipinski definition) is 1. The molecule has 3 rings (SSSR count). The number of benzene rings is 1. The predicted octanol–water partition coefficient (Wildman–Crippen LogP) is 2.10. The zero-order chi connectivity index (χ0) is 14.3. The molecule has 0 amide bonds. The molecule has 2 heterocycles. The number of nitrogens with zero attached hydrogens (tertiary/aromatic N) is 4. The predicted molar refractivity (Wildman–Crippen MR) is 76.4 cm³/mol. The molecule has 2 aromatic rings. The number of nitrogens with two attached hydrogens (primary N) is 1. The number of aromatic nitrogens is 4. The van der Waals surface area contributed by atoms with Crippen LogP contribution < -0.4 is 5.73 Å². The molecule has 2 N–H and O–H groups in total. The summed E-state index contributed by atoms with van der Waals surface area (Å²) in [4.78, 5) is 0. The first kappa shape index (κ1) is 13.3. The fourth-order valence-corrected chi connectivity index (χ4v) is 2.71. The van der Waals surface area contributed by atoms with Gasteiger partial charge in [0.25, 0.3) is 0 Å². The molecule has 0 radical (unpaired) electrons. The smallest absolute Gasteiger partial charge is 0.184 e. The first-order valence-electron chi connectivity index (χ1n) is 6.49. The highest BCUT2D eigenvalue weighted by Gasteiger charge is 2.42. The number of nitrogen functional groups attached to an aromatic ring is 1. The minimum Gasteiger partial charge on any atom is -0.397 e. The van der Waals surface area contributed by atoms with E-state index in [4.69, 9.17) is 22.1 Å². The number of anilines is 1. The van der Waals surface area contributed by atoms with Crippen molar-refractivity contribution in [3.05, 3.63) is 23.2 Å². The van der Waals surface area contributed by atoms with Crippen molar-refractivity contribution >= 4 is 17.3 Å². The van der Waals surface area contributed by atoms with Crippen LogP contribution >= 0.6 is 11.6 Å². The molecule has 1 fully saturated rings. The quantitative estimate of drug-likeness (QED) is 0.858. The van der Waals surface area contributed by atoms with Crippen LogP contribution in [-0.2, 0) is 10.3 Å². The third kappa shape index (κ3) is 1.87. The van der Waals surface area contributed by atoms with Gasteiger partial charge in [0.1, 0.15) is 0 Å². The fraction of sp³-hybridized carbons (Fsp3) is 0.462. The molecule has 0 saturated carbocycles. The maximum atomic E-state index is 6.08. The highest BCUT2D eigenvalue weighted by atomic mass is 35.5. The fourth-order valence-electron chi connectivity index (χ4n) is 2.53.